The van der Waals surface area contributed by atoms with Crippen LogP contribution in [-0.4, -0.2) is 12.0 Å². The van der Waals surface area contributed by atoms with E-state index in [0.717, 1.165) is 11.1 Å². The highest BCUT2D eigenvalue weighted by molar-refractivity contribution is 9.10. The van der Waals surface area contributed by atoms with Gasteiger partial charge in [-0.25, -0.2) is 4.98 Å². The molecule has 0 saturated heterocycles. The van der Waals surface area contributed by atoms with Crippen molar-refractivity contribution in [3.05, 3.63) is 28.5 Å². The van der Waals surface area contributed by atoms with Gasteiger partial charge in [-0.1, -0.05) is 0 Å². The molecule has 10 heavy (non-hydrogen) atoms. The van der Waals surface area contributed by atoms with Crippen LogP contribution in [0.15, 0.2) is 22.9 Å². The first-order valence-corrected chi connectivity index (χ1v) is 3.87. The van der Waals surface area contributed by atoms with E-state index in [1.54, 1.807) is 6.20 Å². The molecule has 0 amide bonds. The molecule has 54 valence electrons. The molecule has 0 aliphatic carbocycles. The Morgan fingerprint density at radius 2 is 2.50 bits per heavy atom. The zero-order valence-electron chi connectivity index (χ0n) is 5.76. The molecule has 0 spiro atoms. The maximum atomic E-state index is 4.01. The van der Waals surface area contributed by atoms with Gasteiger partial charge in [-0.2, -0.15) is 0 Å². The first kappa shape index (κ1) is 7.69. The zero-order valence-corrected chi connectivity index (χ0v) is 7.35. The van der Waals surface area contributed by atoms with Crippen molar-refractivity contribution in [3.8, 4) is 0 Å². The second-order valence-corrected chi connectivity index (χ2v) is 2.83. The lowest BCUT2D eigenvalue weighted by atomic mass is 10.3. The Labute approximate surface area is 68.8 Å². The van der Waals surface area contributed by atoms with Crippen LogP contribution >= 0.6 is 15.9 Å². The van der Waals surface area contributed by atoms with Gasteiger partial charge in [0.05, 0.1) is 0 Å². The largest absolute Gasteiger partial charge is 0.316 e. The quantitative estimate of drug-likeness (QED) is 0.734. The summed E-state index contributed by atoms with van der Waals surface area (Å²) >= 11 is 3.29. The van der Waals surface area contributed by atoms with Crippen molar-refractivity contribution in [2.45, 2.75) is 6.54 Å². The molecule has 0 saturated carbocycles. The van der Waals surface area contributed by atoms with E-state index in [0.29, 0.717) is 0 Å². The van der Waals surface area contributed by atoms with Gasteiger partial charge in [0.15, 0.2) is 0 Å². The molecule has 1 rings (SSSR count). The average Bonchev–Trinajstić information content (AvgIpc) is 1.88. The van der Waals surface area contributed by atoms with Crippen LogP contribution in [0.4, 0.5) is 0 Å². The molecule has 1 aromatic heterocycles. The fraction of sp³-hybridized carbons (Fsp3) is 0.286. The molecule has 0 atom stereocenters. The predicted molar refractivity (Wildman–Crippen MR) is 44.7 cm³/mol. The number of nitrogens with one attached hydrogen (secondary N) is 1. The number of hydrogen-bond donors (Lipinski definition) is 1. The SMILES string of the molecule is CNCc1ccnc(Br)c1. The summed E-state index contributed by atoms with van der Waals surface area (Å²) in [5, 5.41) is 3.06. The Bertz CT molecular complexity index is 213. The van der Waals surface area contributed by atoms with Crippen LogP contribution in [0, 0.1) is 0 Å². The van der Waals surface area contributed by atoms with Gasteiger partial charge >= 0.3 is 0 Å². The third-order valence-electron chi connectivity index (χ3n) is 1.17. The number of hydrogen-bond acceptors (Lipinski definition) is 2. The molecule has 1 heterocycles. The summed E-state index contributed by atoms with van der Waals surface area (Å²) < 4.78 is 0.889. The third-order valence-corrected chi connectivity index (χ3v) is 1.61. The van der Waals surface area contributed by atoms with Gasteiger partial charge in [-0.3, -0.25) is 0 Å². The van der Waals surface area contributed by atoms with E-state index in [2.05, 4.69) is 26.2 Å². The summed E-state index contributed by atoms with van der Waals surface area (Å²) in [6.07, 6.45) is 1.79. The molecule has 2 nitrogen and oxygen atoms in total. The normalized spacial score (nSPS) is 9.80. The minimum atomic E-state index is 0.889. The Hall–Kier alpha value is -0.410. The topological polar surface area (TPSA) is 24.9 Å². The van der Waals surface area contributed by atoms with Gasteiger partial charge in [0.25, 0.3) is 0 Å². The standard InChI is InChI=1S/C7H9BrN2/c1-9-5-6-2-3-10-7(8)4-6/h2-4,9H,5H2,1H3. The Morgan fingerprint density at radius 3 is 3.10 bits per heavy atom. The fourth-order valence-electron chi connectivity index (χ4n) is 0.757. The van der Waals surface area contributed by atoms with Crippen LogP contribution in [0.3, 0.4) is 0 Å². The lowest BCUT2D eigenvalue weighted by Gasteiger charge is -1.97. The van der Waals surface area contributed by atoms with Crippen molar-refractivity contribution >= 4 is 15.9 Å². The van der Waals surface area contributed by atoms with Crippen molar-refractivity contribution in [1.29, 1.82) is 0 Å². The van der Waals surface area contributed by atoms with Crippen LogP contribution in [0.25, 0.3) is 0 Å². The maximum Gasteiger partial charge on any atom is 0.106 e. The molecule has 1 aromatic rings. The molecule has 1 N–H and O–H groups in total. The van der Waals surface area contributed by atoms with E-state index in [4.69, 9.17) is 0 Å². The number of rotatable bonds is 2. The van der Waals surface area contributed by atoms with Gasteiger partial charge in [0, 0.05) is 12.7 Å². The summed E-state index contributed by atoms with van der Waals surface area (Å²) in [5.41, 5.74) is 1.24. The Morgan fingerprint density at radius 1 is 1.70 bits per heavy atom. The van der Waals surface area contributed by atoms with Gasteiger partial charge < -0.3 is 5.32 Å². The highest BCUT2D eigenvalue weighted by Gasteiger charge is 1.90. The van der Waals surface area contributed by atoms with Gasteiger partial charge in [-0.05, 0) is 40.7 Å². The second-order valence-electron chi connectivity index (χ2n) is 2.02. The van der Waals surface area contributed by atoms with Crippen molar-refractivity contribution in [2.24, 2.45) is 0 Å². The predicted octanol–water partition coefficient (Wildman–Crippen LogP) is 1.56. The second kappa shape index (κ2) is 3.68. The first-order chi connectivity index (χ1) is 4.83. The molecule has 0 aliphatic heterocycles. The summed E-state index contributed by atoms with van der Waals surface area (Å²) in [6, 6.07) is 3.98. The molecule has 3 heteroatoms. The van der Waals surface area contributed by atoms with Gasteiger partial charge in [0.2, 0.25) is 0 Å². The zero-order chi connectivity index (χ0) is 7.40. The Balaban J connectivity index is 2.75. The van der Waals surface area contributed by atoms with Crippen molar-refractivity contribution < 1.29 is 0 Å². The molecular weight excluding hydrogens is 192 g/mol. The van der Waals surface area contributed by atoms with E-state index in [-0.39, 0.29) is 0 Å². The smallest absolute Gasteiger partial charge is 0.106 e. The molecule has 0 radical (unpaired) electrons. The van der Waals surface area contributed by atoms with Crippen LogP contribution in [-0.2, 0) is 6.54 Å². The summed E-state index contributed by atoms with van der Waals surface area (Å²) in [7, 11) is 1.92. The fourth-order valence-corrected chi connectivity index (χ4v) is 1.17. The minimum absolute atomic E-state index is 0.889. The third kappa shape index (κ3) is 2.08. The first-order valence-electron chi connectivity index (χ1n) is 3.08. The number of aromatic nitrogens is 1. The molecule has 0 unspecified atom stereocenters. The van der Waals surface area contributed by atoms with E-state index < -0.39 is 0 Å². The monoisotopic (exact) mass is 200 g/mol. The van der Waals surface area contributed by atoms with Crippen LogP contribution in [0.2, 0.25) is 0 Å². The summed E-state index contributed by atoms with van der Waals surface area (Å²) in [6.45, 7) is 0.890. The van der Waals surface area contributed by atoms with Gasteiger partial charge in [0.1, 0.15) is 4.60 Å². The van der Waals surface area contributed by atoms with Crippen LogP contribution < -0.4 is 5.32 Å². The highest BCUT2D eigenvalue weighted by Crippen LogP contribution is 2.06. The minimum Gasteiger partial charge on any atom is -0.316 e. The molecule has 0 aromatic carbocycles. The summed E-state index contributed by atoms with van der Waals surface area (Å²) in [5.74, 6) is 0. The van der Waals surface area contributed by atoms with E-state index in [1.807, 2.05) is 19.2 Å². The number of nitrogens with zero attached hydrogens (tertiary/aromatic N) is 1. The molecule has 0 aliphatic rings. The van der Waals surface area contributed by atoms with Crippen molar-refractivity contribution in [1.82, 2.24) is 10.3 Å². The number of pyridine rings is 1. The average molecular weight is 201 g/mol. The summed E-state index contributed by atoms with van der Waals surface area (Å²) in [4.78, 5) is 4.01. The molecule has 0 fully saturated rings. The van der Waals surface area contributed by atoms with Crippen LogP contribution in [0.1, 0.15) is 5.56 Å². The van der Waals surface area contributed by atoms with Crippen molar-refractivity contribution in [3.63, 3.8) is 0 Å². The number of halogens is 1. The lowest BCUT2D eigenvalue weighted by molar-refractivity contribution is 0.815. The molecular formula is C7H9BrN2. The molecule has 0 bridgehead atoms. The lowest BCUT2D eigenvalue weighted by Crippen LogP contribution is -2.04. The van der Waals surface area contributed by atoms with Gasteiger partial charge in [-0.15, -0.1) is 0 Å². The van der Waals surface area contributed by atoms with Crippen molar-refractivity contribution in [2.75, 3.05) is 7.05 Å². The maximum absolute atomic E-state index is 4.01. The van der Waals surface area contributed by atoms with Crippen LogP contribution in [0.5, 0.6) is 0 Å². The van der Waals surface area contributed by atoms with E-state index in [1.165, 1.54) is 5.56 Å². The Kier molecular flexibility index (Phi) is 2.83. The van der Waals surface area contributed by atoms with E-state index >= 15 is 0 Å². The highest BCUT2D eigenvalue weighted by atomic mass is 79.9. The van der Waals surface area contributed by atoms with E-state index in [9.17, 15) is 0 Å².